The van der Waals surface area contributed by atoms with E-state index in [0.717, 1.165) is 0 Å². The lowest BCUT2D eigenvalue weighted by Gasteiger charge is -2.27. The Labute approximate surface area is 187 Å². The predicted molar refractivity (Wildman–Crippen MR) is 115 cm³/mol. The van der Waals surface area contributed by atoms with Gasteiger partial charge in [0.25, 0.3) is 6.02 Å². The normalized spacial score (nSPS) is 17.6. The summed E-state index contributed by atoms with van der Waals surface area (Å²) in [7, 11) is 1.43. The number of halogens is 4. The molecule has 5 nitrogen and oxygen atoms in total. The van der Waals surface area contributed by atoms with Crippen molar-refractivity contribution in [3.05, 3.63) is 82.9 Å². The Balaban J connectivity index is 1.87. The third-order valence-electron chi connectivity index (χ3n) is 5.51. The molecule has 9 heteroatoms. The molecule has 172 valence electrons. The summed E-state index contributed by atoms with van der Waals surface area (Å²) in [6, 6.07) is 12.7. The molecule has 0 saturated heterocycles. The minimum Gasteiger partial charge on any atom is -0.497 e. The summed E-state index contributed by atoms with van der Waals surface area (Å²) in [4.78, 5) is 4.46. The van der Waals surface area contributed by atoms with Crippen molar-refractivity contribution in [2.45, 2.75) is 19.1 Å². The fraction of sp³-hybridized carbons (Fsp3) is 0.208. The van der Waals surface area contributed by atoms with Crippen LogP contribution in [0.15, 0.2) is 59.6 Å². The molecule has 33 heavy (non-hydrogen) atoms. The maximum atomic E-state index is 14.8. The summed E-state index contributed by atoms with van der Waals surface area (Å²) in [5, 5.41) is 0. The van der Waals surface area contributed by atoms with Gasteiger partial charge in [-0.1, -0.05) is 12.1 Å². The van der Waals surface area contributed by atoms with Gasteiger partial charge in [0, 0.05) is 11.1 Å². The molecule has 1 aliphatic rings. The number of hydrogen-bond donors (Lipinski definition) is 1. The number of rotatable bonds is 6. The van der Waals surface area contributed by atoms with E-state index < -0.39 is 23.8 Å². The van der Waals surface area contributed by atoms with Gasteiger partial charge in [-0.15, -0.1) is 0 Å². The van der Waals surface area contributed by atoms with Crippen molar-refractivity contribution in [3.8, 4) is 22.6 Å². The number of alkyl halides is 2. The van der Waals surface area contributed by atoms with Crippen LogP contribution in [0.3, 0.4) is 0 Å². The molecule has 1 atom stereocenters. The van der Waals surface area contributed by atoms with Gasteiger partial charge in [0.2, 0.25) is 0 Å². The maximum absolute atomic E-state index is 14.8. The van der Waals surface area contributed by atoms with E-state index in [4.69, 9.17) is 15.2 Å². The van der Waals surface area contributed by atoms with Crippen LogP contribution in [0, 0.1) is 18.6 Å². The van der Waals surface area contributed by atoms with E-state index in [1.54, 1.807) is 19.1 Å². The van der Waals surface area contributed by atoms with E-state index in [-0.39, 0.29) is 29.5 Å². The highest BCUT2D eigenvalue weighted by Crippen LogP contribution is 2.41. The number of hydrogen-bond acceptors (Lipinski definition) is 5. The molecule has 0 bridgehead atoms. The molecule has 1 aliphatic heterocycles. The highest BCUT2D eigenvalue weighted by molar-refractivity contribution is 5.76. The highest BCUT2D eigenvalue weighted by Gasteiger charge is 2.41. The lowest BCUT2D eigenvalue weighted by atomic mass is 9.82. The van der Waals surface area contributed by atoms with Gasteiger partial charge in [-0.25, -0.2) is 13.8 Å². The first-order chi connectivity index (χ1) is 15.7. The first kappa shape index (κ1) is 22.4. The third-order valence-corrected chi connectivity index (χ3v) is 5.51. The summed E-state index contributed by atoms with van der Waals surface area (Å²) in [5.74, 6) is -0.898. The molecular weight excluding hydrogens is 440 g/mol. The van der Waals surface area contributed by atoms with Crippen molar-refractivity contribution >= 4 is 6.02 Å². The lowest BCUT2D eigenvalue weighted by Crippen LogP contribution is -2.27. The molecule has 0 fully saturated rings. The Hall–Kier alpha value is -3.75. The Bertz CT molecular complexity index is 1230. The predicted octanol–water partition coefficient (Wildman–Crippen LogP) is 5.14. The second-order valence-corrected chi connectivity index (χ2v) is 7.50. The molecule has 4 rings (SSSR count). The lowest BCUT2D eigenvalue weighted by molar-refractivity contribution is -0.0503. The van der Waals surface area contributed by atoms with E-state index in [2.05, 4.69) is 9.73 Å². The van der Waals surface area contributed by atoms with Crippen LogP contribution in [0.2, 0.25) is 0 Å². The number of nitrogens with two attached hydrogens (primary N) is 1. The van der Waals surface area contributed by atoms with Crippen molar-refractivity contribution < 1.29 is 31.8 Å². The van der Waals surface area contributed by atoms with Crippen LogP contribution in [0.4, 0.5) is 17.6 Å². The summed E-state index contributed by atoms with van der Waals surface area (Å²) >= 11 is 0. The summed E-state index contributed by atoms with van der Waals surface area (Å²) in [6.45, 7) is -1.37. The van der Waals surface area contributed by atoms with E-state index in [1.807, 2.05) is 0 Å². The third kappa shape index (κ3) is 4.18. The van der Waals surface area contributed by atoms with Crippen molar-refractivity contribution in [2.75, 3.05) is 13.7 Å². The Morgan fingerprint density at radius 2 is 1.61 bits per heavy atom. The standard InChI is InChI=1S/C24H20F4N2O3/c1-13-9-14(4-8-21(13)33-22(27)28)24(12-32-23(29)30-24)15-3-6-19(25)17(10-15)18-11-16(31-2)5-7-20(18)26/h3-11,22H,12H2,1-2H3,(H2,29,30)/t24-/m0/s1. The SMILES string of the molecule is COc1ccc(F)c(-c2cc([C@@]3(c4ccc(OC(F)F)c(C)c4)COC(N)=N3)ccc2F)c1. The van der Waals surface area contributed by atoms with Crippen LogP contribution in [-0.2, 0) is 10.3 Å². The number of ether oxygens (including phenoxy) is 3. The maximum Gasteiger partial charge on any atom is 0.387 e. The number of benzene rings is 3. The van der Waals surface area contributed by atoms with Crippen LogP contribution in [0.25, 0.3) is 11.1 Å². The topological polar surface area (TPSA) is 66.1 Å². The molecule has 0 amide bonds. The van der Waals surface area contributed by atoms with Gasteiger partial charge < -0.3 is 19.9 Å². The first-order valence-electron chi connectivity index (χ1n) is 9.91. The zero-order valence-corrected chi connectivity index (χ0v) is 17.7. The largest absolute Gasteiger partial charge is 0.497 e. The van der Waals surface area contributed by atoms with Crippen LogP contribution >= 0.6 is 0 Å². The van der Waals surface area contributed by atoms with Gasteiger partial charge >= 0.3 is 6.61 Å². The van der Waals surface area contributed by atoms with Crippen LogP contribution < -0.4 is 15.2 Å². The van der Waals surface area contributed by atoms with Gasteiger partial charge in [0.05, 0.1) is 7.11 Å². The fourth-order valence-corrected chi connectivity index (χ4v) is 3.86. The molecular formula is C24H20F4N2O3. The average Bonchev–Trinajstić information content (AvgIpc) is 3.18. The number of nitrogens with zero attached hydrogens (tertiary/aromatic N) is 1. The Kier molecular flexibility index (Phi) is 5.88. The van der Waals surface area contributed by atoms with Crippen LogP contribution in [0.1, 0.15) is 16.7 Å². The summed E-state index contributed by atoms with van der Waals surface area (Å²) in [5.41, 5.74) is 6.10. The molecule has 3 aromatic rings. The number of methoxy groups -OCH3 is 1. The van der Waals surface area contributed by atoms with Crippen molar-refractivity contribution in [1.82, 2.24) is 0 Å². The molecule has 0 saturated carbocycles. The summed E-state index contributed by atoms with van der Waals surface area (Å²) < 4.78 is 69.8. The Morgan fingerprint density at radius 1 is 0.970 bits per heavy atom. The van der Waals surface area contributed by atoms with Gasteiger partial charge in [0.1, 0.15) is 29.7 Å². The van der Waals surface area contributed by atoms with Crippen molar-refractivity contribution in [1.29, 1.82) is 0 Å². The smallest absolute Gasteiger partial charge is 0.387 e. The van der Waals surface area contributed by atoms with Gasteiger partial charge in [-0.05, 0) is 66.1 Å². The van der Waals surface area contributed by atoms with Crippen LogP contribution in [0.5, 0.6) is 11.5 Å². The second kappa shape index (κ2) is 8.65. The van der Waals surface area contributed by atoms with E-state index in [0.29, 0.717) is 22.4 Å². The molecule has 0 radical (unpaired) electrons. The number of amidine groups is 1. The van der Waals surface area contributed by atoms with E-state index in [9.17, 15) is 17.6 Å². The average molecular weight is 460 g/mol. The van der Waals surface area contributed by atoms with Gasteiger partial charge in [0.15, 0.2) is 5.54 Å². The van der Waals surface area contributed by atoms with Crippen molar-refractivity contribution in [3.63, 3.8) is 0 Å². The monoisotopic (exact) mass is 460 g/mol. The highest BCUT2D eigenvalue weighted by atomic mass is 19.3. The molecule has 0 spiro atoms. The molecule has 0 aliphatic carbocycles. The quantitative estimate of drug-likeness (QED) is 0.518. The second-order valence-electron chi connectivity index (χ2n) is 7.50. The van der Waals surface area contributed by atoms with Crippen LogP contribution in [-0.4, -0.2) is 26.3 Å². The van der Waals surface area contributed by atoms with Gasteiger partial charge in [-0.2, -0.15) is 8.78 Å². The summed E-state index contributed by atoms with van der Waals surface area (Å²) in [6.07, 6.45) is 0. The molecule has 0 unspecified atom stereocenters. The van der Waals surface area contributed by atoms with Gasteiger partial charge in [-0.3, -0.25) is 0 Å². The fourth-order valence-electron chi connectivity index (χ4n) is 3.86. The zero-order valence-electron chi connectivity index (χ0n) is 17.7. The number of aryl methyl sites for hydroxylation is 1. The minimum atomic E-state index is -2.97. The zero-order chi connectivity index (χ0) is 23.8. The molecule has 3 aromatic carbocycles. The molecule has 0 aromatic heterocycles. The van der Waals surface area contributed by atoms with E-state index in [1.165, 1.54) is 49.6 Å². The molecule has 2 N–H and O–H groups in total. The minimum absolute atomic E-state index is 0.00155. The van der Waals surface area contributed by atoms with E-state index >= 15 is 0 Å². The Morgan fingerprint density at radius 3 is 2.21 bits per heavy atom. The molecule has 1 heterocycles. The number of aliphatic imine (C=N–C) groups is 1. The first-order valence-corrected chi connectivity index (χ1v) is 9.91. The van der Waals surface area contributed by atoms with Crippen molar-refractivity contribution in [2.24, 2.45) is 10.7 Å².